The van der Waals surface area contributed by atoms with Gasteiger partial charge >= 0.3 is 0 Å². The van der Waals surface area contributed by atoms with Crippen molar-refractivity contribution in [2.24, 2.45) is 5.41 Å². The zero-order valence-corrected chi connectivity index (χ0v) is 12.8. The van der Waals surface area contributed by atoms with Crippen molar-refractivity contribution in [1.82, 2.24) is 9.38 Å². The molecule has 2 fully saturated rings. The highest BCUT2D eigenvalue weighted by atomic mass is 32.1. The van der Waals surface area contributed by atoms with E-state index in [1.807, 2.05) is 23.9 Å². The summed E-state index contributed by atoms with van der Waals surface area (Å²) in [7, 11) is 0. The maximum absolute atomic E-state index is 11.1. The molecule has 1 atom stereocenters. The first-order valence-corrected chi connectivity index (χ1v) is 8.63. The van der Waals surface area contributed by atoms with Crippen molar-refractivity contribution >= 4 is 16.2 Å². The van der Waals surface area contributed by atoms with Crippen molar-refractivity contribution < 1.29 is 5.11 Å². The first-order valence-electron chi connectivity index (χ1n) is 7.82. The van der Waals surface area contributed by atoms with Crippen molar-refractivity contribution in [2.75, 3.05) is 0 Å². The summed E-state index contributed by atoms with van der Waals surface area (Å²) in [5.41, 5.74) is 1.19. The summed E-state index contributed by atoms with van der Waals surface area (Å²) in [6.07, 6.45) is 12.1. The minimum absolute atomic E-state index is 0.0418. The standard InChI is InChI=1S/C16H22N2OS/c1-16(7-3-2-4-8-16)15(19)13-14(11-5-6-11)20-12-9-17-10-18(12)13/h9-11,15,19H,2-8H2,1H3. The van der Waals surface area contributed by atoms with Gasteiger partial charge in [0.25, 0.3) is 0 Å². The van der Waals surface area contributed by atoms with Gasteiger partial charge in [-0.25, -0.2) is 4.98 Å². The molecule has 2 aliphatic rings. The second kappa shape index (κ2) is 4.57. The van der Waals surface area contributed by atoms with Crippen LogP contribution in [-0.2, 0) is 0 Å². The van der Waals surface area contributed by atoms with Crippen LogP contribution in [0.2, 0.25) is 0 Å². The minimum Gasteiger partial charge on any atom is -0.386 e. The lowest BCUT2D eigenvalue weighted by molar-refractivity contribution is 0.00429. The third-order valence-electron chi connectivity index (χ3n) is 5.19. The molecule has 0 radical (unpaired) electrons. The van der Waals surface area contributed by atoms with E-state index in [9.17, 15) is 5.11 Å². The Morgan fingerprint density at radius 2 is 2.10 bits per heavy atom. The van der Waals surface area contributed by atoms with Crippen LogP contribution in [0.15, 0.2) is 12.5 Å². The number of fused-ring (bicyclic) bond motifs is 1. The van der Waals surface area contributed by atoms with Crippen LogP contribution in [0.25, 0.3) is 4.83 Å². The van der Waals surface area contributed by atoms with Crippen molar-refractivity contribution in [3.63, 3.8) is 0 Å². The molecule has 2 heterocycles. The third kappa shape index (κ3) is 1.92. The Hall–Kier alpha value is -0.870. The average molecular weight is 290 g/mol. The average Bonchev–Trinajstić information content (AvgIpc) is 3.08. The second-order valence-electron chi connectivity index (χ2n) is 6.84. The van der Waals surface area contributed by atoms with E-state index in [-0.39, 0.29) is 11.5 Å². The SMILES string of the molecule is CC1(C(O)c2c(C3CC3)sc3cncn23)CCCCC1. The number of imidazole rings is 1. The first-order chi connectivity index (χ1) is 9.69. The van der Waals surface area contributed by atoms with Gasteiger partial charge in [0.2, 0.25) is 0 Å². The van der Waals surface area contributed by atoms with E-state index in [0.717, 1.165) is 18.5 Å². The van der Waals surface area contributed by atoms with E-state index in [0.29, 0.717) is 5.92 Å². The van der Waals surface area contributed by atoms with Gasteiger partial charge in [0.15, 0.2) is 0 Å². The lowest BCUT2D eigenvalue weighted by Gasteiger charge is -2.38. The summed E-state index contributed by atoms with van der Waals surface area (Å²) < 4.78 is 2.14. The lowest BCUT2D eigenvalue weighted by Crippen LogP contribution is -2.29. The number of thiazole rings is 1. The number of aliphatic hydroxyl groups is 1. The number of nitrogens with zero attached hydrogens (tertiary/aromatic N) is 2. The molecule has 2 aromatic heterocycles. The quantitative estimate of drug-likeness (QED) is 0.916. The first kappa shape index (κ1) is 12.8. The fraction of sp³-hybridized carbons (Fsp3) is 0.688. The molecule has 1 unspecified atom stereocenters. The van der Waals surface area contributed by atoms with Gasteiger partial charge in [0.1, 0.15) is 17.3 Å². The third-order valence-corrected chi connectivity index (χ3v) is 6.47. The topological polar surface area (TPSA) is 37.5 Å². The van der Waals surface area contributed by atoms with Crippen molar-refractivity contribution in [3.8, 4) is 0 Å². The molecule has 0 spiro atoms. The molecule has 0 saturated heterocycles. The van der Waals surface area contributed by atoms with Crippen LogP contribution in [0.5, 0.6) is 0 Å². The van der Waals surface area contributed by atoms with E-state index in [2.05, 4.69) is 16.3 Å². The number of rotatable bonds is 3. The van der Waals surface area contributed by atoms with Gasteiger partial charge in [0, 0.05) is 4.88 Å². The van der Waals surface area contributed by atoms with Crippen LogP contribution in [0, 0.1) is 5.41 Å². The van der Waals surface area contributed by atoms with Crippen LogP contribution in [0.4, 0.5) is 0 Å². The molecular formula is C16H22N2OS. The van der Waals surface area contributed by atoms with E-state index < -0.39 is 0 Å². The predicted octanol–water partition coefficient (Wildman–Crippen LogP) is 4.28. The summed E-state index contributed by atoms with van der Waals surface area (Å²) >= 11 is 1.83. The normalized spacial score (nSPS) is 24.1. The largest absolute Gasteiger partial charge is 0.386 e. The van der Waals surface area contributed by atoms with Crippen LogP contribution >= 0.6 is 11.3 Å². The zero-order valence-electron chi connectivity index (χ0n) is 12.0. The molecule has 3 nitrogen and oxygen atoms in total. The highest BCUT2D eigenvalue weighted by Crippen LogP contribution is 2.52. The van der Waals surface area contributed by atoms with E-state index in [1.54, 1.807) is 0 Å². The van der Waals surface area contributed by atoms with Crippen molar-refractivity contribution in [2.45, 2.75) is 63.9 Å². The molecule has 1 N–H and O–H groups in total. The fourth-order valence-corrected chi connectivity index (χ4v) is 4.99. The molecule has 0 amide bonds. The summed E-state index contributed by atoms with van der Waals surface area (Å²) in [5, 5.41) is 11.1. The lowest BCUT2D eigenvalue weighted by atomic mass is 9.70. The maximum Gasteiger partial charge on any atom is 0.120 e. The highest BCUT2D eigenvalue weighted by molar-refractivity contribution is 7.17. The van der Waals surface area contributed by atoms with Crippen molar-refractivity contribution in [3.05, 3.63) is 23.1 Å². The Balaban J connectivity index is 1.79. The minimum atomic E-state index is -0.346. The maximum atomic E-state index is 11.1. The fourth-order valence-electron chi connectivity index (χ4n) is 3.69. The monoisotopic (exact) mass is 290 g/mol. The Morgan fingerprint density at radius 3 is 2.80 bits per heavy atom. The molecule has 0 aromatic carbocycles. The van der Waals surface area contributed by atoms with Crippen LogP contribution in [0.1, 0.15) is 74.5 Å². The smallest absolute Gasteiger partial charge is 0.120 e. The van der Waals surface area contributed by atoms with Gasteiger partial charge in [-0.1, -0.05) is 26.2 Å². The summed E-state index contributed by atoms with van der Waals surface area (Å²) in [4.78, 5) is 6.85. The molecular weight excluding hydrogens is 268 g/mol. The molecule has 2 aliphatic carbocycles. The molecule has 20 heavy (non-hydrogen) atoms. The van der Waals surface area contributed by atoms with Gasteiger partial charge in [-0.15, -0.1) is 11.3 Å². The van der Waals surface area contributed by atoms with Gasteiger partial charge in [-0.3, -0.25) is 4.40 Å². The second-order valence-corrected chi connectivity index (χ2v) is 7.91. The van der Waals surface area contributed by atoms with E-state index in [4.69, 9.17) is 0 Å². The van der Waals surface area contributed by atoms with Crippen LogP contribution in [0.3, 0.4) is 0 Å². The molecule has 0 bridgehead atoms. The van der Waals surface area contributed by atoms with Gasteiger partial charge < -0.3 is 5.11 Å². The van der Waals surface area contributed by atoms with Gasteiger partial charge in [0.05, 0.1) is 11.9 Å². The Morgan fingerprint density at radius 1 is 1.35 bits per heavy atom. The molecule has 2 aromatic rings. The predicted molar refractivity (Wildman–Crippen MR) is 81.2 cm³/mol. The Labute approximate surface area is 123 Å². The number of hydrogen-bond donors (Lipinski definition) is 1. The van der Waals surface area contributed by atoms with Gasteiger partial charge in [-0.05, 0) is 37.0 Å². The van der Waals surface area contributed by atoms with Crippen LogP contribution < -0.4 is 0 Å². The number of aromatic nitrogens is 2. The van der Waals surface area contributed by atoms with Gasteiger partial charge in [-0.2, -0.15) is 0 Å². The number of aliphatic hydroxyl groups excluding tert-OH is 1. The van der Waals surface area contributed by atoms with E-state index in [1.165, 1.54) is 41.8 Å². The molecule has 4 heteroatoms. The number of hydrogen-bond acceptors (Lipinski definition) is 3. The molecule has 0 aliphatic heterocycles. The summed E-state index contributed by atoms with van der Waals surface area (Å²) in [5.74, 6) is 0.691. The van der Waals surface area contributed by atoms with E-state index >= 15 is 0 Å². The zero-order chi connectivity index (χ0) is 13.7. The highest BCUT2D eigenvalue weighted by Gasteiger charge is 2.40. The summed E-state index contributed by atoms with van der Waals surface area (Å²) in [6.45, 7) is 2.27. The molecule has 108 valence electrons. The van der Waals surface area contributed by atoms with Crippen LogP contribution in [-0.4, -0.2) is 14.5 Å². The Bertz CT molecular complexity index is 619. The molecule has 2 saturated carbocycles. The summed E-state index contributed by atoms with van der Waals surface area (Å²) in [6, 6.07) is 0. The molecule has 4 rings (SSSR count). The Kier molecular flexibility index (Phi) is 2.93. The van der Waals surface area contributed by atoms with Crippen molar-refractivity contribution in [1.29, 1.82) is 0 Å².